The second kappa shape index (κ2) is 4.22. The van der Waals surface area contributed by atoms with Crippen molar-refractivity contribution in [3.8, 4) is 10.4 Å². The summed E-state index contributed by atoms with van der Waals surface area (Å²) < 4.78 is 2.93. The van der Waals surface area contributed by atoms with Gasteiger partial charge in [0.05, 0.1) is 0 Å². The third-order valence-corrected chi connectivity index (χ3v) is 6.24. The van der Waals surface area contributed by atoms with E-state index in [4.69, 9.17) is 0 Å². The van der Waals surface area contributed by atoms with E-state index in [2.05, 4.69) is 51.3 Å². The molecule has 0 radical (unpaired) electrons. The van der Waals surface area contributed by atoms with Gasteiger partial charge in [-0.1, -0.05) is 23.8 Å². The Morgan fingerprint density at radius 3 is 2.33 bits per heavy atom. The van der Waals surface area contributed by atoms with Gasteiger partial charge in [-0.05, 0) is 55.3 Å². The first-order chi connectivity index (χ1) is 8.58. The van der Waals surface area contributed by atoms with Gasteiger partial charge in [0.1, 0.15) is 0 Å². The molecule has 0 amide bonds. The third-order valence-electron chi connectivity index (χ3n) is 3.43. The zero-order valence-corrected chi connectivity index (χ0v) is 12.8. The molecule has 0 saturated carbocycles. The van der Waals surface area contributed by atoms with Crippen molar-refractivity contribution in [1.82, 2.24) is 0 Å². The highest BCUT2D eigenvalue weighted by atomic mass is 32.1. The van der Waals surface area contributed by atoms with Crippen LogP contribution in [0, 0.1) is 27.7 Å². The Morgan fingerprint density at radius 1 is 0.889 bits per heavy atom. The van der Waals surface area contributed by atoms with E-state index in [-0.39, 0.29) is 0 Å². The van der Waals surface area contributed by atoms with E-state index in [1.165, 1.54) is 42.1 Å². The molecule has 0 unspecified atom stereocenters. The number of aryl methyl sites for hydroxylation is 4. The van der Waals surface area contributed by atoms with Crippen molar-refractivity contribution < 1.29 is 0 Å². The first kappa shape index (κ1) is 11.9. The van der Waals surface area contributed by atoms with Crippen LogP contribution < -0.4 is 0 Å². The molecule has 2 heteroatoms. The van der Waals surface area contributed by atoms with E-state index in [0.717, 1.165) is 0 Å². The number of fused-ring (bicyclic) bond motifs is 1. The molecule has 0 bridgehead atoms. The Hall–Kier alpha value is -1.12. The minimum absolute atomic E-state index is 1.34. The van der Waals surface area contributed by atoms with Crippen molar-refractivity contribution >= 4 is 32.1 Å². The van der Waals surface area contributed by atoms with Crippen LogP contribution in [0.2, 0.25) is 0 Å². The minimum Gasteiger partial charge on any atom is -0.142 e. The van der Waals surface area contributed by atoms with Gasteiger partial charge in [-0.15, -0.1) is 22.7 Å². The van der Waals surface area contributed by atoms with Crippen molar-refractivity contribution in [2.45, 2.75) is 27.7 Å². The molecule has 0 aliphatic heterocycles. The largest absolute Gasteiger partial charge is 0.142 e. The van der Waals surface area contributed by atoms with E-state index in [1.807, 2.05) is 22.7 Å². The fraction of sp³-hybridized carbons (Fsp3) is 0.250. The Bertz CT molecular complexity index is 729. The topological polar surface area (TPSA) is 0 Å². The van der Waals surface area contributed by atoms with E-state index < -0.39 is 0 Å². The SMILES string of the molecule is Cc1ccc(-c2sc3c(C)csc3c2C)c(C)c1. The van der Waals surface area contributed by atoms with E-state index >= 15 is 0 Å². The Kier molecular flexibility index (Phi) is 2.80. The minimum atomic E-state index is 1.34. The smallest absolute Gasteiger partial charge is 0.0489 e. The van der Waals surface area contributed by atoms with Crippen LogP contribution in [0.3, 0.4) is 0 Å². The summed E-state index contributed by atoms with van der Waals surface area (Å²) in [6.45, 7) is 8.83. The lowest BCUT2D eigenvalue weighted by molar-refractivity contribution is 1.38. The van der Waals surface area contributed by atoms with Crippen LogP contribution in [0.15, 0.2) is 23.6 Å². The summed E-state index contributed by atoms with van der Waals surface area (Å²) in [6, 6.07) is 6.75. The van der Waals surface area contributed by atoms with Crippen molar-refractivity contribution in [2.75, 3.05) is 0 Å². The first-order valence-corrected chi connectivity index (χ1v) is 7.82. The molecule has 0 spiro atoms. The van der Waals surface area contributed by atoms with Crippen LogP contribution in [0.4, 0.5) is 0 Å². The Balaban J connectivity index is 2.28. The molecule has 0 N–H and O–H groups in total. The summed E-state index contributed by atoms with van der Waals surface area (Å²) in [5.41, 5.74) is 6.97. The van der Waals surface area contributed by atoms with Crippen LogP contribution in [-0.2, 0) is 0 Å². The summed E-state index contributed by atoms with van der Waals surface area (Å²) >= 11 is 3.82. The monoisotopic (exact) mass is 272 g/mol. The maximum Gasteiger partial charge on any atom is 0.0489 e. The summed E-state index contributed by atoms with van der Waals surface area (Å²) in [7, 11) is 0. The molecule has 2 heterocycles. The molecule has 0 aliphatic rings. The van der Waals surface area contributed by atoms with Crippen LogP contribution in [0.1, 0.15) is 22.3 Å². The molecular weight excluding hydrogens is 256 g/mol. The quantitative estimate of drug-likeness (QED) is 0.520. The lowest BCUT2D eigenvalue weighted by atomic mass is 10.0. The maximum atomic E-state index is 2.27. The van der Waals surface area contributed by atoms with Gasteiger partial charge in [0.25, 0.3) is 0 Å². The molecule has 0 aliphatic carbocycles. The third kappa shape index (κ3) is 1.72. The number of hydrogen-bond acceptors (Lipinski definition) is 2. The van der Waals surface area contributed by atoms with Gasteiger partial charge in [0.2, 0.25) is 0 Å². The van der Waals surface area contributed by atoms with Gasteiger partial charge in [0, 0.05) is 14.3 Å². The number of benzene rings is 1. The van der Waals surface area contributed by atoms with E-state index in [0.29, 0.717) is 0 Å². The molecule has 18 heavy (non-hydrogen) atoms. The van der Waals surface area contributed by atoms with Crippen LogP contribution in [0.5, 0.6) is 0 Å². The highest BCUT2D eigenvalue weighted by molar-refractivity contribution is 7.29. The van der Waals surface area contributed by atoms with Crippen molar-refractivity contribution in [3.63, 3.8) is 0 Å². The van der Waals surface area contributed by atoms with Crippen molar-refractivity contribution in [2.24, 2.45) is 0 Å². The van der Waals surface area contributed by atoms with Crippen molar-refractivity contribution in [1.29, 1.82) is 0 Å². The van der Waals surface area contributed by atoms with Gasteiger partial charge < -0.3 is 0 Å². The summed E-state index contributed by atoms with van der Waals surface area (Å²) in [5, 5.41) is 2.26. The first-order valence-electron chi connectivity index (χ1n) is 6.12. The molecule has 92 valence electrons. The van der Waals surface area contributed by atoms with Crippen LogP contribution in [0.25, 0.3) is 19.8 Å². The van der Waals surface area contributed by atoms with E-state index in [9.17, 15) is 0 Å². The summed E-state index contributed by atoms with van der Waals surface area (Å²) in [5.74, 6) is 0. The fourth-order valence-electron chi connectivity index (χ4n) is 2.43. The second-order valence-corrected chi connectivity index (χ2v) is 6.85. The Morgan fingerprint density at radius 2 is 1.67 bits per heavy atom. The second-order valence-electron chi connectivity index (χ2n) is 4.95. The predicted molar refractivity (Wildman–Crippen MR) is 84.1 cm³/mol. The molecule has 1 aromatic carbocycles. The molecule has 0 nitrogen and oxygen atoms in total. The molecule has 3 aromatic rings. The standard InChI is InChI=1S/C16H16S2/c1-9-5-6-13(10(2)7-9)15-12(4)16-14(18-15)11(3)8-17-16/h5-8H,1-4H3. The van der Waals surface area contributed by atoms with Gasteiger partial charge in [0.15, 0.2) is 0 Å². The number of rotatable bonds is 1. The van der Waals surface area contributed by atoms with E-state index in [1.54, 1.807) is 0 Å². The van der Waals surface area contributed by atoms with Crippen LogP contribution in [-0.4, -0.2) is 0 Å². The van der Waals surface area contributed by atoms with Gasteiger partial charge >= 0.3 is 0 Å². The zero-order chi connectivity index (χ0) is 12.9. The fourth-order valence-corrected chi connectivity index (χ4v) is 5.06. The lowest BCUT2D eigenvalue weighted by Crippen LogP contribution is -1.83. The maximum absolute atomic E-state index is 2.27. The predicted octanol–water partition coefficient (Wildman–Crippen LogP) is 5.86. The average molecular weight is 272 g/mol. The van der Waals surface area contributed by atoms with Gasteiger partial charge in [-0.2, -0.15) is 0 Å². The van der Waals surface area contributed by atoms with Gasteiger partial charge in [-0.25, -0.2) is 0 Å². The number of hydrogen-bond donors (Lipinski definition) is 0. The van der Waals surface area contributed by atoms with Gasteiger partial charge in [-0.3, -0.25) is 0 Å². The Labute approximate surface area is 116 Å². The van der Waals surface area contributed by atoms with Crippen molar-refractivity contribution in [3.05, 3.63) is 45.8 Å². The molecule has 0 fully saturated rings. The molecule has 2 aromatic heterocycles. The molecule has 0 saturated heterocycles. The molecule has 0 atom stereocenters. The highest BCUT2D eigenvalue weighted by Crippen LogP contribution is 2.43. The zero-order valence-electron chi connectivity index (χ0n) is 11.1. The average Bonchev–Trinajstić information content (AvgIpc) is 2.82. The molecule has 3 rings (SSSR count). The van der Waals surface area contributed by atoms with Crippen LogP contribution >= 0.6 is 22.7 Å². The summed E-state index contributed by atoms with van der Waals surface area (Å²) in [6.07, 6.45) is 0. The molecular formula is C16H16S2. The summed E-state index contributed by atoms with van der Waals surface area (Å²) in [4.78, 5) is 1.44. The lowest BCUT2D eigenvalue weighted by Gasteiger charge is -2.06. The number of thiophene rings is 2. The normalized spacial score (nSPS) is 11.3. The highest BCUT2D eigenvalue weighted by Gasteiger charge is 2.14.